The van der Waals surface area contributed by atoms with Gasteiger partial charge < -0.3 is 4.42 Å². The van der Waals surface area contributed by atoms with Crippen LogP contribution >= 0.6 is 11.6 Å². The van der Waals surface area contributed by atoms with Gasteiger partial charge in [-0.15, -0.1) is 0 Å². The second-order valence-electron chi connectivity index (χ2n) is 3.29. The summed E-state index contributed by atoms with van der Waals surface area (Å²) >= 11 is 5.58. The van der Waals surface area contributed by atoms with E-state index >= 15 is 0 Å². The van der Waals surface area contributed by atoms with E-state index in [1.165, 1.54) is 18.5 Å². The van der Waals surface area contributed by atoms with Crippen LogP contribution < -0.4 is 0 Å². The number of aryl methyl sites for hydroxylation is 1. The molecule has 15 heavy (non-hydrogen) atoms. The number of hydrogen-bond acceptors (Lipinski definition) is 2. The van der Waals surface area contributed by atoms with E-state index in [4.69, 9.17) is 16.0 Å². The standard InChI is InChI=1S/C11H9ClFNO/c1-7-11(15-6-14-7)5-8-2-3-9(12)10(13)4-8/h2-4,6H,5H2,1H3. The van der Waals surface area contributed by atoms with Crippen molar-refractivity contribution < 1.29 is 8.81 Å². The summed E-state index contributed by atoms with van der Waals surface area (Å²) in [6.45, 7) is 1.85. The quantitative estimate of drug-likeness (QED) is 0.783. The molecule has 0 unspecified atom stereocenters. The summed E-state index contributed by atoms with van der Waals surface area (Å²) in [6, 6.07) is 4.72. The van der Waals surface area contributed by atoms with Crippen molar-refractivity contribution in [3.05, 3.63) is 52.5 Å². The molecule has 0 saturated carbocycles. The Labute approximate surface area is 91.7 Å². The minimum Gasteiger partial charge on any atom is -0.448 e. The van der Waals surface area contributed by atoms with Crippen LogP contribution in [0, 0.1) is 12.7 Å². The van der Waals surface area contributed by atoms with Crippen molar-refractivity contribution in [1.29, 1.82) is 0 Å². The van der Waals surface area contributed by atoms with Crippen molar-refractivity contribution in [2.45, 2.75) is 13.3 Å². The summed E-state index contributed by atoms with van der Waals surface area (Å²) in [5.41, 5.74) is 1.64. The van der Waals surface area contributed by atoms with Crippen molar-refractivity contribution in [2.75, 3.05) is 0 Å². The molecule has 0 aliphatic carbocycles. The van der Waals surface area contributed by atoms with Crippen LogP contribution in [0.4, 0.5) is 4.39 Å². The lowest BCUT2D eigenvalue weighted by molar-refractivity contribution is 0.512. The molecule has 2 rings (SSSR count). The van der Waals surface area contributed by atoms with Gasteiger partial charge in [0.1, 0.15) is 11.6 Å². The van der Waals surface area contributed by atoms with Crippen LogP contribution in [0.25, 0.3) is 0 Å². The fraction of sp³-hybridized carbons (Fsp3) is 0.182. The van der Waals surface area contributed by atoms with E-state index in [2.05, 4.69) is 4.98 Å². The van der Waals surface area contributed by atoms with Gasteiger partial charge in [0, 0.05) is 6.42 Å². The average molecular weight is 226 g/mol. The highest BCUT2D eigenvalue weighted by molar-refractivity contribution is 6.30. The van der Waals surface area contributed by atoms with E-state index in [1.807, 2.05) is 6.92 Å². The average Bonchev–Trinajstić information content (AvgIpc) is 2.59. The van der Waals surface area contributed by atoms with Gasteiger partial charge in [0.25, 0.3) is 0 Å². The first-order valence-electron chi connectivity index (χ1n) is 4.49. The Kier molecular flexibility index (Phi) is 2.73. The molecule has 0 radical (unpaired) electrons. The molecular weight excluding hydrogens is 217 g/mol. The summed E-state index contributed by atoms with van der Waals surface area (Å²) in [7, 11) is 0. The van der Waals surface area contributed by atoms with Crippen molar-refractivity contribution in [2.24, 2.45) is 0 Å². The van der Waals surface area contributed by atoms with E-state index in [0.717, 1.165) is 17.0 Å². The highest BCUT2D eigenvalue weighted by atomic mass is 35.5. The molecule has 2 nitrogen and oxygen atoms in total. The predicted octanol–water partition coefficient (Wildman–Crippen LogP) is 3.37. The molecule has 0 aliphatic rings. The molecule has 78 valence electrons. The van der Waals surface area contributed by atoms with Crippen molar-refractivity contribution in [1.82, 2.24) is 4.98 Å². The Morgan fingerprint density at radius 2 is 2.27 bits per heavy atom. The molecule has 1 aromatic carbocycles. The molecule has 2 aromatic rings. The summed E-state index contributed by atoms with van der Waals surface area (Å²) in [6.07, 6.45) is 1.91. The number of hydrogen-bond donors (Lipinski definition) is 0. The third-order valence-electron chi connectivity index (χ3n) is 2.19. The molecule has 0 saturated heterocycles. The number of halogens is 2. The van der Waals surface area contributed by atoms with Gasteiger partial charge in [-0.1, -0.05) is 17.7 Å². The fourth-order valence-electron chi connectivity index (χ4n) is 1.33. The number of nitrogens with zero attached hydrogens (tertiary/aromatic N) is 1. The summed E-state index contributed by atoms with van der Waals surface area (Å²) in [4.78, 5) is 3.97. The molecule has 0 N–H and O–H groups in total. The largest absolute Gasteiger partial charge is 0.448 e. The van der Waals surface area contributed by atoms with Crippen molar-refractivity contribution in [3.63, 3.8) is 0 Å². The van der Waals surface area contributed by atoms with Gasteiger partial charge in [0.15, 0.2) is 6.39 Å². The van der Waals surface area contributed by atoms with Crippen LogP contribution in [0.3, 0.4) is 0 Å². The Morgan fingerprint density at radius 1 is 1.47 bits per heavy atom. The lowest BCUT2D eigenvalue weighted by Gasteiger charge is -2.00. The van der Waals surface area contributed by atoms with Gasteiger partial charge in [0.05, 0.1) is 10.7 Å². The topological polar surface area (TPSA) is 26.0 Å². The van der Waals surface area contributed by atoms with E-state index in [-0.39, 0.29) is 5.02 Å². The monoisotopic (exact) mass is 225 g/mol. The van der Waals surface area contributed by atoms with Crippen molar-refractivity contribution in [3.8, 4) is 0 Å². The molecular formula is C11H9ClFNO. The van der Waals surface area contributed by atoms with Gasteiger partial charge in [-0.2, -0.15) is 0 Å². The second kappa shape index (κ2) is 4.03. The molecule has 0 aliphatic heterocycles. The van der Waals surface area contributed by atoms with Gasteiger partial charge in [-0.05, 0) is 24.6 Å². The highest BCUT2D eigenvalue weighted by Crippen LogP contribution is 2.18. The highest BCUT2D eigenvalue weighted by Gasteiger charge is 2.06. The zero-order valence-corrected chi connectivity index (χ0v) is 8.88. The second-order valence-corrected chi connectivity index (χ2v) is 3.69. The minimum atomic E-state index is -0.411. The van der Waals surface area contributed by atoms with E-state index in [1.54, 1.807) is 6.07 Å². The lowest BCUT2D eigenvalue weighted by atomic mass is 10.1. The smallest absolute Gasteiger partial charge is 0.181 e. The van der Waals surface area contributed by atoms with Crippen LogP contribution in [0.15, 0.2) is 29.0 Å². The number of rotatable bonds is 2. The zero-order valence-electron chi connectivity index (χ0n) is 8.13. The number of benzene rings is 1. The van der Waals surface area contributed by atoms with E-state index in [0.29, 0.717) is 6.42 Å². The van der Waals surface area contributed by atoms with Gasteiger partial charge >= 0.3 is 0 Å². The normalized spacial score (nSPS) is 10.6. The first-order chi connectivity index (χ1) is 7.16. The summed E-state index contributed by atoms with van der Waals surface area (Å²) < 4.78 is 18.3. The molecule has 4 heteroatoms. The Hall–Kier alpha value is -1.35. The molecule has 1 heterocycles. The van der Waals surface area contributed by atoms with Gasteiger partial charge in [-0.3, -0.25) is 0 Å². The molecule has 1 aromatic heterocycles. The van der Waals surface area contributed by atoms with Gasteiger partial charge in [-0.25, -0.2) is 9.37 Å². The molecule has 0 atom stereocenters. The van der Waals surface area contributed by atoms with Gasteiger partial charge in [0.2, 0.25) is 0 Å². The van der Waals surface area contributed by atoms with Crippen molar-refractivity contribution >= 4 is 11.6 Å². The SMILES string of the molecule is Cc1ncoc1Cc1ccc(Cl)c(F)c1. The van der Waals surface area contributed by atoms with Crippen LogP contribution in [0.1, 0.15) is 17.0 Å². The van der Waals surface area contributed by atoms with E-state index in [9.17, 15) is 4.39 Å². The zero-order chi connectivity index (χ0) is 10.8. The third-order valence-corrected chi connectivity index (χ3v) is 2.50. The third kappa shape index (κ3) is 2.18. The maximum absolute atomic E-state index is 13.1. The predicted molar refractivity (Wildman–Crippen MR) is 55.5 cm³/mol. The Bertz CT molecular complexity index is 481. The number of oxazole rings is 1. The fourth-order valence-corrected chi connectivity index (χ4v) is 1.45. The molecule has 0 spiro atoms. The maximum Gasteiger partial charge on any atom is 0.181 e. The van der Waals surface area contributed by atoms with Crippen LogP contribution in [0.5, 0.6) is 0 Å². The summed E-state index contributed by atoms with van der Waals surface area (Å²) in [5, 5.41) is 0.132. The van der Waals surface area contributed by atoms with E-state index < -0.39 is 5.82 Å². The molecule has 0 bridgehead atoms. The van der Waals surface area contributed by atoms with Crippen LogP contribution in [-0.4, -0.2) is 4.98 Å². The summed E-state index contributed by atoms with van der Waals surface area (Å²) in [5.74, 6) is 0.336. The lowest BCUT2D eigenvalue weighted by Crippen LogP contribution is -1.90. The Balaban J connectivity index is 2.25. The first-order valence-corrected chi connectivity index (χ1v) is 4.87. The minimum absolute atomic E-state index is 0.132. The number of aromatic nitrogens is 1. The molecule has 0 fully saturated rings. The molecule has 0 amide bonds. The Morgan fingerprint density at radius 3 is 2.87 bits per heavy atom. The van der Waals surface area contributed by atoms with Crippen LogP contribution in [-0.2, 0) is 6.42 Å². The maximum atomic E-state index is 13.1. The first kappa shape index (κ1) is 10.2. The van der Waals surface area contributed by atoms with Crippen LogP contribution in [0.2, 0.25) is 5.02 Å².